The molecule has 0 bridgehead atoms. The fourth-order valence-electron chi connectivity index (χ4n) is 2.81. The minimum absolute atomic E-state index is 0.347. The van der Waals surface area contributed by atoms with Crippen LogP contribution in [0.15, 0.2) is 24.3 Å². The van der Waals surface area contributed by atoms with Crippen molar-refractivity contribution >= 4 is 0 Å². The van der Waals surface area contributed by atoms with Crippen LogP contribution in [-0.2, 0) is 0 Å². The highest BCUT2D eigenvalue weighted by Gasteiger charge is 2.57. The smallest absolute Gasteiger partial charge is 0.119 e. The van der Waals surface area contributed by atoms with Crippen molar-refractivity contribution in [3.63, 3.8) is 0 Å². The molecular weight excluding hydrogens is 198 g/mol. The summed E-state index contributed by atoms with van der Waals surface area (Å²) in [5.74, 6) is 2.18. The van der Waals surface area contributed by atoms with Crippen molar-refractivity contribution in [2.75, 3.05) is 13.2 Å². The molecule has 0 radical (unpaired) electrons. The third-order valence-electron chi connectivity index (χ3n) is 3.83. The summed E-state index contributed by atoms with van der Waals surface area (Å²) in [5, 5.41) is 0. The Morgan fingerprint density at radius 3 is 2.69 bits per heavy atom. The van der Waals surface area contributed by atoms with E-state index in [0.29, 0.717) is 17.3 Å². The van der Waals surface area contributed by atoms with Crippen LogP contribution in [0.1, 0.15) is 32.3 Å². The fourth-order valence-corrected chi connectivity index (χ4v) is 2.81. The molecule has 2 unspecified atom stereocenters. The zero-order valence-corrected chi connectivity index (χ0v) is 10.4. The summed E-state index contributed by atoms with van der Waals surface area (Å²) in [6.45, 7) is 8.09. The number of hydrogen-bond donors (Lipinski definition) is 1. The van der Waals surface area contributed by atoms with Crippen LogP contribution in [0.2, 0.25) is 0 Å². The highest BCUT2D eigenvalue weighted by atomic mass is 16.5. The van der Waals surface area contributed by atoms with Gasteiger partial charge in [0.05, 0.1) is 6.61 Å². The van der Waals surface area contributed by atoms with Gasteiger partial charge in [-0.05, 0) is 48.4 Å². The molecule has 1 aliphatic carbocycles. The van der Waals surface area contributed by atoms with E-state index in [1.165, 1.54) is 5.56 Å². The summed E-state index contributed by atoms with van der Waals surface area (Å²) in [5.41, 5.74) is 7.52. The number of rotatable bonds is 4. The maximum atomic E-state index is 5.80. The first-order chi connectivity index (χ1) is 7.61. The van der Waals surface area contributed by atoms with Crippen molar-refractivity contribution in [1.29, 1.82) is 0 Å². The van der Waals surface area contributed by atoms with E-state index in [-0.39, 0.29) is 0 Å². The molecule has 2 nitrogen and oxygen atoms in total. The molecule has 1 aromatic carbocycles. The van der Waals surface area contributed by atoms with E-state index >= 15 is 0 Å². The number of ether oxygens (including phenoxy) is 1. The predicted octanol–water partition coefficient (Wildman–Crippen LogP) is 2.78. The van der Waals surface area contributed by atoms with E-state index in [9.17, 15) is 0 Å². The molecule has 0 spiro atoms. The maximum absolute atomic E-state index is 5.80. The predicted molar refractivity (Wildman–Crippen MR) is 66.7 cm³/mol. The average molecular weight is 219 g/mol. The van der Waals surface area contributed by atoms with Crippen molar-refractivity contribution < 1.29 is 4.74 Å². The molecule has 0 aliphatic heterocycles. The molecule has 88 valence electrons. The molecule has 0 aromatic heterocycles. The van der Waals surface area contributed by atoms with Crippen LogP contribution in [0.25, 0.3) is 0 Å². The van der Waals surface area contributed by atoms with Crippen LogP contribution in [0.3, 0.4) is 0 Å². The Morgan fingerprint density at radius 1 is 1.38 bits per heavy atom. The zero-order valence-electron chi connectivity index (χ0n) is 10.4. The summed E-state index contributed by atoms with van der Waals surface area (Å²) in [7, 11) is 0. The summed E-state index contributed by atoms with van der Waals surface area (Å²) < 4.78 is 5.53. The van der Waals surface area contributed by atoms with Gasteiger partial charge in [-0.15, -0.1) is 0 Å². The third kappa shape index (κ3) is 1.82. The van der Waals surface area contributed by atoms with E-state index in [2.05, 4.69) is 32.0 Å². The van der Waals surface area contributed by atoms with Crippen LogP contribution < -0.4 is 10.5 Å². The van der Waals surface area contributed by atoms with Crippen molar-refractivity contribution in [1.82, 2.24) is 0 Å². The molecular formula is C14H21NO. The van der Waals surface area contributed by atoms with Gasteiger partial charge in [-0.25, -0.2) is 0 Å². The van der Waals surface area contributed by atoms with Crippen molar-refractivity contribution in [3.8, 4) is 5.75 Å². The molecule has 0 heterocycles. The lowest BCUT2D eigenvalue weighted by atomic mass is 10.0. The molecule has 1 fully saturated rings. The highest BCUT2D eigenvalue weighted by Crippen LogP contribution is 2.63. The molecule has 1 aliphatic rings. The minimum Gasteiger partial charge on any atom is -0.494 e. The molecule has 2 N–H and O–H groups in total. The van der Waals surface area contributed by atoms with Crippen LogP contribution in [0.5, 0.6) is 5.75 Å². The van der Waals surface area contributed by atoms with Crippen LogP contribution in [0, 0.1) is 11.3 Å². The lowest BCUT2D eigenvalue weighted by Crippen LogP contribution is -2.05. The molecule has 2 heteroatoms. The van der Waals surface area contributed by atoms with Gasteiger partial charge in [-0.2, -0.15) is 0 Å². The maximum Gasteiger partial charge on any atom is 0.119 e. The highest BCUT2D eigenvalue weighted by molar-refractivity contribution is 5.37. The van der Waals surface area contributed by atoms with Gasteiger partial charge in [0.2, 0.25) is 0 Å². The molecule has 0 saturated heterocycles. The molecule has 16 heavy (non-hydrogen) atoms. The summed E-state index contributed by atoms with van der Waals surface area (Å²) >= 11 is 0. The first-order valence-corrected chi connectivity index (χ1v) is 6.04. The molecule has 1 saturated carbocycles. The van der Waals surface area contributed by atoms with E-state index in [1.807, 2.05) is 13.0 Å². The first-order valence-electron chi connectivity index (χ1n) is 6.04. The monoisotopic (exact) mass is 219 g/mol. The van der Waals surface area contributed by atoms with Gasteiger partial charge in [-0.3, -0.25) is 0 Å². The molecule has 2 atom stereocenters. The van der Waals surface area contributed by atoms with Crippen molar-refractivity contribution in [2.24, 2.45) is 17.1 Å². The molecule has 0 amide bonds. The van der Waals surface area contributed by atoms with Gasteiger partial charge in [0, 0.05) is 0 Å². The largest absolute Gasteiger partial charge is 0.494 e. The summed E-state index contributed by atoms with van der Waals surface area (Å²) in [6.07, 6.45) is 0. The topological polar surface area (TPSA) is 35.2 Å². The van der Waals surface area contributed by atoms with Gasteiger partial charge in [0.25, 0.3) is 0 Å². The number of benzene rings is 1. The average Bonchev–Trinajstić information content (AvgIpc) is 2.81. The number of hydrogen-bond acceptors (Lipinski definition) is 2. The van der Waals surface area contributed by atoms with E-state index in [1.54, 1.807) is 0 Å². The summed E-state index contributed by atoms with van der Waals surface area (Å²) in [4.78, 5) is 0. The Labute approximate surface area is 97.8 Å². The van der Waals surface area contributed by atoms with E-state index in [4.69, 9.17) is 10.5 Å². The third-order valence-corrected chi connectivity index (χ3v) is 3.83. The van der Waals surface area contributed by atoms with Crippen molar-refractivity contribution in [2.45, 2.75) is 26.7 Å². The molecule has 2 rings (SSSR count). The Bertz CT molecular complexity index is 373. The standard InChI is InChI=1S/C14H21NO/c1-4-16-11-7-5-6-10(8-11)13-12(9-15)14(13,2)3/h5-8,12-13H,4,9,15H2,1-3H3. The second-order valence-corrected chi connectivity index (χ2v) is 5.15. The Kier molecular flexibility index (Phi) is 2.94. The quantitative estimate of drug-likeness (QED) is 0.845. The Balaban J connectivity index is 2.19. The molecule has 1 aromatic rings. The van der Waals surface area contributed by atoms with E-state index in [0.717, 1.165) is 18.9 Å². The minimum atomic E-state index is 0.347. The second-order valence-electron chi connectivity index (χ2n) is 5.15. The number of nitrogens with two attached hydrogens (primary N) is 1. The first kappa shape index (κ1) is 11.5. The van der Waals surface area contributed by atoms with Crippen LogP contribution >= 0.6 is 0 Å². The van der Waals surface area contributed by atoms with Gasteiger partial charge >= 0.3 is 0 Å². The second kappa shape index (κ2) is 4.10. The van der Waals surface area contributed by atoms with Crippen LogP contribution in [-0.4, -0.2) is 13.2 Å². The normalized spacial score (nSPS) is 26.5. The Hall–Kier alpha value is -1.02. The zero-order chi connectivity index (χ0) is 11.8. The SMILES string of the molecule is CCOc1cccc(C2C(CN)C2(C)C)c1. The van der Waals surface area contributed by atoms with E-state index < -0.39 is 0 Å². The fraction of sp³-hybridized carbons (Fsp3) is 0.571. The lowest BCUT2D eigenvalue weighted by Gasteiger charge is -2.07. The van der Waals surface area contributed by atoms with Gasteiger partial charge in [0.15, 0.2) is 0 Å². The van der Waals surface area contributed by atoms with Gasteiger partial charge in [-0.1, -0.05) is 26.0 Å². The van der Waals surface area contributed by atoms with Crippen molar-refractivity contribution in [3.05, 3.63) is 29.8 Å². The Morgan fingerprint density at radius 2 is 2.12 bits per heavy atom. The lowest BCUT2D eigenvalue weighted by molar-refractivity contribution is 0.340. The van der Waals surface area contributed by atoms with Gasteiger partial charge in [0.1, 0.15) is 5.75 Å². The summed E-state index contributed by atoms with van der Waals surface area (Å²) in [6, 6.07) is 8.43. The van der Waals surface area contributed by atoms with Crippen LogP contribution in [0.4, 0.5) is 0 Å². The van der Waals surface area contributed by atoms with Gasteiger partial charge < -0.3 is 10.5 Å².